The highest BCUT2D eigenvalue weighted by Crippen LogP contribution is 2.40. The Morgan fingerprint density at radius 1 is 1.38 bits per heavy atom. The van der Waals surface area contributed by atoms with Crippen LogP contribution in [0.4, 0.5) is 0 Å². The van der Waals surface area contributed by atoms with Crippen LogP contribution in [0.5, 0.6) is 0 Å². The molecule has 0 unspecified atom stereocenters. The number of rotatable bonds is 5. The van der Waals surface area contributed by atoms with Gasteiger partial charge in [-0.1, -0.05) is 6.07 Å². The highest BCUT2D eigenvalue weighted by atomic mass is 16.3. The second-order valence-electron chi connectivity index (χ2n) is 6.45. The van der Waals surface area contributed by atoms with E-state index in [2.05, 4.69) is 15.3 Å². The number of fused-ring (bicyclic) bond motifs is 1. The maximum Gasteiger partial charge on any atom is 0.251 e. The predicted molar refractivity (Wildman–Crippen MR) is 90.9 cm³/mol. The fourth-order valence-electron chi connectivity index (χ4n) is 2.82. The van der Waals surface area contributed by atoms with Crippen molar-refractivity contribution in [3.8, 4) is 0 Å². The van der Waals surface area contributed by atoms with Gasteiger partial charge in [0.15, 0.2) is 11.5 Å². The van der Waals surface area contributed by atoms with Crippen molar-refractivity contribution in [3.63, 3.8) is 0 Å². The van der Waals surface area contributed by atoms with Gasteiger partial charge in [0, 0.05) is 29.9 Å². The van der Waals surface area contributed by atoms with E-state index in [0.29, 0.717) is 17.1 Å². The van der Waals surface area contributed by atoms with Crippen molar-refractivity contribution in [2.45, 2.75) is 38.1 Å². The molecular formula is C19H19N3O2. The Labute approximate surface area is 140 Å². The summed E-state index contributed by atoms with van der Waals surface area (Å²) in [5.41, 5.74) is 3.20. The summed E-state index contributed by atoms with van der Waals surface area (Å²) < 4.78 is 5.78. The zero-order valence-corrected chi connectivity index (χ0v) is 13.5. The molecule has 24 heavy (non-hydrogen) atoms. The number of oxazole rings is 1. The molecule has 1 aliphatic rings. The van der Waals surface area contributed by atoms with E-state index in [0.717, 1.165) is 36.2 Å². The normalized spacial score (nSPS) is 15.4. The average Bonchev–Trinajstić information content (AvgIpc) is 3.34. The van der Waals surface area contributed by atoms with Gasteiger partial charge in [0.2, 0.25) is 0 Å². The molecule has 5 heteroatoms. The fourth-order valence-corrected chi connectivity index (χ4v) is 2.82. The molecular weight excluding hydrogens is 302 g/mol. The number of benzene rings is 1. The molecule has 5 nitrogen and oxygen atoms in total. The van der Waals surface area contributed by atoms with E-state index in [9.17, 15) is 4.79 Å². The maximum atomic E-state index is 12.5. The van der Waals surface area contributed by atoms with Crippen LogP contribution < -0.4 is 5.32 Å². The second kappa shape index (κ2) is 6.07. The van der Waals surface area contributed by atoms with Crippen LogP contribution in [0.3, 0.4) is 0 Å². The molecule has 1 aliphatic carbocycles. The number of aromatic nitrogens is 2. The highest BCUT2D eigenvalue weighted by molar-refractivity contribution is 5.97. The first-order chi connectivity index (χ1) is 11.7. The third-order valence-electron chi connectivity index (χ3n) is 4.24. The highest BCUT2D eigenvalue weighted by Gasteiger charge is 2.29. The molecule has 1 saturated carbocycles. The Hall–Kier alpha value is -2.69. The quantitative estimate of drug-likeness (QED) is 0.781. The number of pyridine rings is 1. The van der Waals surface area contributed by atoms with Crippen LogP contribution in [0.1, 0.15) is 47.5 Å². The Morgan fingerprint density at radius 2 is 2.25 bits per heavy atom. The van der Waals surface area contributed by atoms with Gasteiger partial charge in [-0.25, -0.2) is 4.98 Å². The molecule has 2 heterocycles. The Balaban J connectivity index is 1.46. The van der Waals surface area contributed by atoms with Crippen LogP contribution in [0.2, 0.25) is 0 Å². The third-order valence-corrected chi connectivity index (χ3v) is 4.24. The van der Waals surface area contributed by atoms with E-state index in [1.54, 1.807) is 18.3 Å². The third kappa shape index (κ3) is 3.15. The van der Waals surface area contributed by atoms with Crippen LogP contribution in [0.25, 0.3) is 11.1 Å². The topological polar surface area (TPSA) is 68.0 Å². The largest absolute Gasteiger partial charge is 0.440 e. The molecule has 4 rings (SSSR count). The molecule has 1 amide bonds. The summed E-state index contributed by atoms with van der Waals surface area (Å²) >= 11 is 0. The molecule has 1 N–H and O–H groups in total. The fraction of sp³-hybridized carbons (Fsp3) is 0.316. The lowest BCUT2D eigenvalue weighted by molar-refractivity contribution is 0.0940. The summed E-state index contributed by atoms with van der Waals surface area (Å²) in [6, 6.07) is 9.36. The van der Waals surface area contributed by atoms with Crippen molar-refractivity contribution >= 4 is 17.0 Å². The molecule has 0 bridgehead atoms. The van der Waals surface area contributed by atoms with E-state index < -0.39 is 0 Å². The van der Waals surface area contributed by atoms with Crippen LogP contribution in [0.15, 0.2) is 47.1 Å². The molecule has 2 aromatic heterocycles. The zero-order valence-electron chi connectivity index (χ0n) is 13.5. The zero-order chi connectivity index (χ0) is 16.5. The number of nitrogens with one attached hydrogen (secondary N) is 1. The molecule has 0 spiro atoms. The Kier molecular flexibility index (Phi) is 3.76. The lowest BCUT2D eigenvalue weighted by Crippen LogP contribution is -2.34. The van der Waals surface area contributed by atoms with Gasteiger partial charge in [-0.15, -0.1) is 0 Å². The molecule has 1 aromatic carbocycles. The van der Waals surface area contributed by atoms with E-state index in [1.807, 2.05) is 31.3 Å². The van der Waals surface area contributed by atoms with Gasteiger partial charge < -0.3 is 9.73 Å². The van der Waals surface area contributed by atoms with Gasteiger partial charge in [-0.3, -0.25) is 9.78 Å². The van der Waals surface area contributed by atoms with Crippen molar-refractivity contribution in [2.24, 2.45) is 0 Å². The molecule has 0 saturated heterocycles. The minimum Gasteiger partial charge on any atom is -0.440 e. The summed E-state index contributed by atoms with van der Waals surface area (Å²) in [6.45, 7) is 1.99. The SMILES string of the molecule is C[C@@H](Cc1cccnc1)NC(=O)c1ccc2nc(C3CC3)oc2c1. The average molecular weight is 321 g/mol. The van der Waals surface area contributed by atoms with E-state index in [1.165, 1.54) is 0 Å². The van der Waals surface area contributed by atoms with Gasteiger partial charge in [-0.05, 0) is 56.0 Å². The van der Waals surface area contributed by atoms with E-state index in [-0.39, 0.29) is 11.9 Å². The van der Waals surface area contributed by atoms with Gasteiger partial charge in [-0.2, -0.15) is 0 Å². The van der Waals surface area contributed by atoms with Gasteiger partial charge >= 0.3 is 0 Å². The predicted octanol–water partition coefficient (Wildman–Crippen LogP) is 3.46. The van der Waals surface area contributed by atoms with Crippen LogP contribution >= 0.6 is 0 Å². The first-order valence-corrected chi connectivity index (χ1v) is 8.29. The number of carbonyl (C=O) groups is 1. The minimum absolute atomic E-state index is 0.0224. The van der Waals surface area contributed by atoms with Crippen molar-refractivity contribution in [2.75, 3.05) is 0 Å². The number of amides is 1. The smallest absolute Gasteiger partial charge is 0.251 e. The molecule has 1 atom stereocenters. The molecule has 1 fully saturated rings. The summed E-state index contributed by atoms with van der Waals surface area (Å²) in [5.74, 6) is 1.17. The molecule has 3 aromatic rings. The lowest BCUT2D eigenvalue weighted by atomic mass is 10.1. The molecule has 0 aliphatic heterocycles. The molecule has 122 valence electrons. The van der Waals surface area contributed by atoms with Crippen molar-refractivity contribution in [1.29, 1.82) is 0 Å². The number of hydrogen-bond acceptors (Lipinski definition) is 4. The van der Waals surface area contributed by atoms with Gasteiger partial charge in [0.25, 0.3) is 5.91 Å². The summed E-state index contributed by atoms with van der Waals surface area (Å²) in [7, 11) is 0. The first-order valence-electron chi connectivity index (χ1n) is 8.29. The summed E-state index contributed by atoms with van der Waals surface area (Å²) in [6.07, 6.45) is 6.60. The van der Waals surface area contributed by atoms with Crippen LogP contribution in [-0.4, -0.2) is 21.9 Å². The Bertz CT molecular complexity index is 869. The van der Waals surface area contributed by atoms with Crippen LogP contribution in [-0.2, 0) is 6.42 Å². The number of carbonyl (C=O) groups excluding carboxylic acids is 1. The van der Waals surface area contributed by atoms with Gasteiger partial charge in [0.05, 0.1) is 0 Å². The number of hydrogen-bond donors (Lipinski definition) is 1. The van der Waals surface area contributed by atoms with Crippen molar-refractivity contribution < 1.29 is 9.21 Å². The maximum absolute atomic E-state index is 12.5. The van der Waals surface area contributed by atoms with Gasteiger partial charge in [0.1, 0.15) is 5.52 Å². The monoisotopic (exact) mass is 321 g/mol. The minimum atomic E-state index is -0.0994. The lowest BCUT2D eigenvalue weighted by Gasteiger charge is -2.13. The van der Waals surface area contributed by atoms with Crippen molar-refractivity contribution in [3.05, 3.63) is 59.7 Å². The van der Waals surface area contributed by atoms with E-state index in [4.69, 9.17) is 4.42 Å². The second-order valence-corrected chi connectivity index (χ2v) is 6.45. The van der Waals surface area contributed by atoms with E-state index >= 15 is 0 Å². The standard InChI is InChI=1S/C19H19N3O2/c1-12(9-13-3-2-8-20-11-13)21-18(23)15-6-7-16-17(10-15)24-19(22-16)14-4-5-14/h2-3,6-8,10-12,14H,4-5,9H2,1H3,(H,21,23)/t12-/m0/s1. The van der Waals surface area contributed by atoms with Crippen LogP contribution in [0, 0.1) is 0 Å². The van der Waals surface area contributed by atoms with Crippen molar-refractivity contribution in [1.82, 2.24) is 15.3 Å². The number of nitrogens with zero attached hydrogens (tertiary/aromatic N) is 2. The summed E-state index contributed by atoms with van der Waals surface area (Å²) in [5, 5.41) is 3.02. The Morgan fingerprint density at radius 3 is 3.00 bits per heavy atom. The first kappa shape index (κ1) is 14.9. The summed E-state index contributed by atoms with van der Waals surface area (Å²) in [4.78, 5) is 21.0. The molecule has 0 radical (unpaired) electrons.